The van der Waals surface area contributed by atoms with Gasteiger partial charge in [0.05, 0.1) is 5.69 Å². The Bertz CT molecular complexity index is 1810. The van der Waals surface area contributed by atoms with Crippen LogP contribution < -0.4 is 20.7 Å². The summed E-state index contributed by atoms with van der Waals surface area (Å²) in [5.74, 6) is 0.597. The maximum Gasteiger partial charge on any atom is 0.252 e. The number of nitrogens with one attached hydrogen (secondary N) is 3. The van der Waals surface area contributed by atoms with Crippen LogP contribution in [0.2, 0.25) is 0 Å². The van der Waals surface area contributed by atoms with Crippen LogP contribution in [0.4, 0.5) is 5.69 Å². The third-order valence-electron chi connectivity index (χ3n) is 9.45. The molecular formula is C34H37N5O6. The number of carbonyl (C=O) groups excluding carboxylic acids is 2. The second-order valence-electron chi connectivity index (χ2n) is 12.5. The average molecular weight is 612 g/mol. The second kappa shape index (κ2) is 10.5. The van der Waals surface area contributed by atoms with E-state index in [1.54, 1.807) is 20.1 Å². The zero-order valence-electron chi connectivity index (χ0n) is 25.9. The number of rotatable bonds is 6. The van der Waals surface area contributed by atoms with Crippen molar-refractivity contribution in [3.05, 3.63) is 82.8 Å². The highest BCUT2D eigenvalue weighted by molar-refractivity contribution is 5.91. The normalized spacial score (nSPS) is 23.3. The van der Waals surface area contributed by atoms with Crippen LogP contribution in [-0.2, 0) is 21.4 Å². The van der Waals surface area contributed by atoms with Crippen LogP contribution >= 0.6 is 0 Å². The van der Waals surface area contributed by atoms with Gasteiger partial charge in [-0.1, -0.05) is 58.0 Å². The summed E-state index contributed by atoms with van der Waals surface area (Å²) >= 11 is 0. The van der Waals surface area contributed by atoms with Crippen LogP contribution in [-0.4, -0.2) is 44.8 Å². The van der Waals surface area contributed by atoms with Crippen LogP contribution in [0.3, 0.4) is 0 Å². The molecule has 45 heavy (non-hydrogen) atoms. The van der Waals surface area contributed by atoms with Gasteiger partial charge < -0.3 is 34.6 Å². The highest BCUT2D eigenvalue weighted by atomic mass is 16.5. The molecule has 4 aromatic rings. The Balaban J connectivity index is 1.47. The van der Waals surface area contributed by atoms with Gasteiger partial charge in [0.2, 0.25) is 17.7 Å². The van der Waals surface area contributed by atoms with Gasteiger partial charge in [0, 0.05) is 17.7 Å². The minimum absolute atomic E-state index is 0.141. The maximum absolute atomic E-state index is 14.0. The molecule has 1 spiro atoms. The molecule has 1 unspecified atom stereocenters. The molecule has 0 saturated heterocycles. The second-order valence-corrected chi connectivity index (χ2v) is 12.5. The van der Waals surface area contributed by atoms with E-state index in [0.29, 0.717) is 28.8 Å². The number of nitrogens with zero attached hydrogens (tertiary/aromatic N) is 2. The number of oxazole rings is 2. The number of aryl methyl sites for hydroxylation is 1. The molecule has 4 bridgehead atoms. The number of ether oxygens (including phenoxy) is 1. The van der Waals surface area contributed by atoms with E-state index in [0.717, 1.165) is 22.4 Å². The van der Waals surface area contributed by atoms with E-state index in [2.05, 4.69) is 20.9 Å². The number of hydrogen-bond donors (Lipinski definition) is 4. The Labute approximate surface area is 260 Å². The summed E-state index contributed by atoms with van der Waals surface area (Å²) in [6.45, 7) is 9.26. The predicted octanol–water partition coefficient (Wildman–Crippen LogP) is 4.52. The van der Waals surface area contributed by atoms with Crippen LogP contribution in [0.15, 0.2) is 57.6 Å². The predicted molar refractivity (Wildman–Crippen MR) is 164 cm³/mol. The molecule has 7 rings (SSSR count). The van der Waals surface area contributed by atoms with Crippen LogP contribution in [0, 0.1) is 12.8 Å². The first-order chi connectivity index (χ1) is 21.6. The van der Waals surface area contributed by atoms with Gasteiger partial charge in [0.1, 0.15) is 35.1 Å². The molecule has 2 aromatic carbocycles. The molecular weight excluding hydrogens is 574 g/mol. The van der Waals surface area contributed by atoms with E-state index in [1.165, 1.54) is 0 Å². The average Bonchev–Trinajstić information content (AvgIpc) is 3.79. The number of carbonyl (C=O) groups is 2. The molecule has 3 aliphatic heterocycles. The van der Waals surface area contributed by atoms with E-state index in [4.69, 9.17) is 18.6 Å². The largest absolute Gasteiger partial charge is 0.469 e. The molecule has 5 heterocycles. The molecule has 0 aliphatic carbocycles. The van der Waals surface area contributed by atoms with Gasteiger partial charge >= 0.3 is 0 Å². The van der Waals surface area contributed by atoms with Crippen molar-refractivity contribution in [3.8, 4) is 17.3 Å². The molecule has 4 N–H and O–H groups in total. The number of benzene rings is 2. The van der Waals surface area contributed by atoms with Crippen molar-refractivity contribution in [1.29, 1.82) is 0 Å². The molecule has 4 atom stereocenters. The summed E-state index contributed by atoms with van der Waals surface area (Å²) in [6.07, 6.45) is 1.62. The van der Waals surface area contributed by atoms with Gasteiger partial charge in [-0.05, 0) is 48.9 Å². The maximum atomic E-state index is 14.0. The Morgan fingerprint density at radius 2 is 1.91 bits per heavy atom. The Kier molecular flexibility index (Phi) is 6.77. The fraction of sp³-hybridized carbons (Fsp3) is 0.412. The number of aromatic nitrogens is 2. The number of hydrogen-bond acceptors (Lipinski definition) is 9. The minimum Gasteiger partial charge on any atom is -0.469 e. The van der Waals surface area contributed by atoms with E-state index in [9.17, 15) is 14.7 Å². The lowest BCUT2D eigenvalue weighted by molar-refractivity contribution is -0.143. The van der Waals surface area contributed by atoms with Crippen molar-refractivity contribution in [1.82, 2.24) is 20.6 Å². The summed E-state index contributed by atoms with van der Waals surface area (Å²) in [7, 11) is 0. The monoisotopic (exact) mass is 611 g/mol. The number of fused-ring (bicyclic) bond motifs is 4. The first-order valence-corrected chi connectivity index (χ1v) is 15.5. The topological polar surface area (TPSA) is 152 Å². The molecule has 0 radical (unpaired) electrons. The fourth-order valence-corrected chi connectivity index (χ4v) is 6.77. The van der Waals surface area contributed by atoms with Crippen molar-refractivity contribution in [2.45, 2.75) is 83.2 Å². The third-order valence-corrected chi connectivity index (χ3v) is 9.45. The van der Waals surface area contributed by atoms with Crippen molar-refractivity contribution >= 4 is 17.5 Å². The van der Waals surface area contributed by atoms with Gasteiger partial charge in [-0.25, -0.2) is 9.97 Å². The van der Waals surface area contributed by atoms with Gasteiger partial charge in [0.15, 0.2) is 17.7 Å². The SMILES string of the molecule is CCC(O)(CC)C(=O)N[C@H]1Cc2ccc3c(c2)C2(c4ccccc4N[C@H]2O3)c2oc(nc2-c2nc(C)co2)[C@H](C(C)C)NC1=O. The fourth-order valence-electron chi connectivity index (χ4n) is 6.77. The van der Waals surface area contributed by atoms with Crippen molar-refractivity contribution < 1.29 is 28.3 Å². The first-order valence-electron chi connectivity index (χ1n) is 15.5. The Hall–Kier alpha value is -4.64. The smallest absolute Gasteiger partial charge is 0.252 e. The van der Waals surface area contributed by atoms with Crippen molar-refractivity contribution in [3.63, 3.8) is 0 Å². The van der Waals surface area contributed by atoms with Crippen molar-refractivity contribution in [2.24, 2.45) is 5.92 Å². The van der Waals surface area contributed by atoms with Crippen LogP contribution in [0.5, 0.6) is 5.75 Å². The molecule has 11 nitrogen and oxygen atoms in total. The highest BCUT2D eigenvalue weighted by Gasteiger charge is 2.61. The summed E-state index contributed by atoms with van der Waals surface area (Å²) < 4.78 is 19.3. The Morgan fingerprint density at radius 3 is 2.62 bits per heavy atom. The van der Waals surface area contributed by atoms with Gasteiger partial charge in [-0.3, -0.25) is 9.59 Å². The van der Waals surface area contributed by atoms with E-state index >= 15 is 0 Å². The number of aliphatic hydroxyl groups is 1. The molecule has 3 aliphatic rings. The van der Waals surface area contributed by atoms with E-state index in [1.807, 2.05) is 63.2 Å². The Morgan fingerprint density at radius 1 is 1.13 bits per heavy atom. The highest BCUT2D eigenvalue weighted by Crippen LogP contribution is 2.59. The quantitative estimate of drug-likeness (QED) is 0.247. The van der Waals surface area contributed by atoms with Gasteiger partial charge in [0.25, 0.3) is 5.91 Å². The number of amides is 2. The van der Waals surface area contributed by atoms with E-state index < -0.39 is 41.1 Å². The first kappa shape index (κ1) is 29.1. The molecule has 0 fully saturated rings. The molecule has 11 heteroatoms. The lowest BCUT2D eigenvalue weighted by Gasteiger charge is -2.30. The molecule has 234 valence electrons. The lowest BCUT2D eigenvalue weighted by Crippen LogP contribution is -2.55. The number of anilines is 1. The molecule has 0 saturated carbocycles. The number of para-hydroxylation sites is 1. The van der Waals surface area contributed by atoms with Crippen LogP contribution in [0.25, 0.3) is 11.6 Å². The third kappa shape index (κ3) is 4.35. The van der Waals surface area contributed by atoms with E-state index in [-0.39, 0.29) is 31.1 Å². The van der Waals surface area contributed by atoms with Crippen LogP contribution in [0.1, 0.15) is 80.6 Å². The summed E-state index contributed by atoms with van der Waals surface area (Å²) in [4.78, 5) is 36.9. The molecule has 2 aromatic heterocycles. The molecule has 2 amide bonds. The zero-order chi connectivity index (χ0) is 31.7. The summed E-state index contributed by atoms with van der Waals surface area (Å²) in [6, 6.07) is 12.1. The van der Waals surface area contributed by atoms with Crippen molar-refractivity contribution in [2.75, 3.05) is 5.32 Å². The standard InChI is InChI=1S/C34H37N5O6/c1-6-33(42,7-2)31(41)36-23-15-19-12-13-24-21(14-19)34(20-10-8-9-11-22(20)37-32(34)44-24)27-26(29-35-18(5)16-43-29)39-30(45-27)25(17(3)4)38-28(23)40/h8-14,16-17,23,25,32,37,42H,6-7,15H2,1-5H3,(H,36,41)(H,38,40)/t23-,25-,32-,34?/m0/s1. The minimum atomic E-state index is -1.59. The summed E-state index contributed by atoms with van der Waals surface area (Å²) in [5, 5.41) is 20.5. The van der Waals surface area contributed by atoms with Gasteiger partial charge in [-0.15, -0.1) is 0 Å². The summed E-state index contributed by atoms with van der Waals surface area (Å²) in [5.41, 5.74) is 2.02. The van der Waals surface area contributed by atoms with Gasteiger partial charge in [-0.2, -0.15) is 0 Å². The zero-order valence-corrected chi connectivity index (χ0v) is 25.9. The lowest BCUT2D eigenvalue weighted by atomic mass is 9.72.